The second kappa shape index (κ2) is 7.73. The highest BCUT2D eigenvalue weighted by atomic mass is 79.9. The molecule has 0 spiro atoms. The molecule has 2 rings (SSSR count). The average Bonchev–Trinajstić information content (AvgIpc) is 2.54. The highest BCUT2D eigenvalue weighted by Crippen LogP contribution is 2.28. The molecule has 2 amide bonds. The van der Waals surface area contributed by atoms with Crippen LogP contribution in [0, 0.1) is 0 Å². The number of amides is 2. The van der Waals surface area contributed by atoms with Crippen molar-refractivity contribution in [2.45, 2.75) is 39.2 Å². The van der Waals surface area contributed by atoms with Crippen LogP contribution >= 0.6 is 15.9 Å². The third-order valence-electron chi connectivity index (χ3n) is 4.00. The molecule has 1 atom stereocenters. The molecule has 0 bridgehead atoms. The first kappa shape index (κ1) is 17.7. The van der Waals surface area contributed by atoms with E-state index in [1.165, 1.54) is 5.01 Å². The Bertz CT molecular complexity index is 630. The molecule has 5 nitrogen and oxygen atoms in total. The third-order valence-corrected chi connectivity index (χ3v) is 4.72. The Kier molecular flexibility index (Phi) is 5.93. The summed E-state index contributed by atoms with van der Waals surface area (Å²) in [4.78, 5) is 26.3. The van der Waals surface area contributed by atoms with Crippen LogP contribution in [-0.4, -0.2) is 41.0 Å². The number of rotatable bonds is 5. The Labute approximate surface area is 145 Å². The molecule has 1 aliphatic heterocycles. The van der Waals surface area contributed by atoms with Crippen LogP contribution < -0.4 is 0 Å². The zero-order valence-corrected chi connectivity index (χ0v) is 15.3. The van der Waals surface area contributed by atoms with Gasteiger partial charge in [-0.05, 0) is 25.0 Å². The number of carbonyl (C=O) groups is 2. The lowest BCUT2D eigenvalue weighted by molar-refractivity contribution is -0.131. The van der Waals surface area contributed by atoms with E-state index >= 15 is 0 Å². The van der Waals surface area contributed by atoms with Gasteiger partial charge in [0.2, 0.25) is 5.91 Å². The number of halogens is 1. The number of nitrogens with zero attached hydrogens (tertiary/aromatic N) is 3. The van der Waals surface area contributed by atoms with Gasteiger partial charge in [-0.3, -0.25) is 9.59 Å². The summed E-state index contributed by atoms with van der Waals surface area (Å²) >= 11 is 3.56. The van der Waals surface area contributed by atoms with Crippen molar-refractivity contribution in [2.75, 3.05) is 13.6 Å². The van der Waals surface area contributed by atoms with Crippen LogP contribution in [0.5, 0.6) is 0 Å². The van der Waals surface area contributed by atoms with Gasteiger partial charge in [-0.15, -0.1) is 0 Å². The zero-order valence-electron chi connectivity index (χ0n) is 13.8. The molecule has 0 fully saturated rings. The second-order valence-electron chi connectivity index (χ2n) is 5.66. The number of benzene rings is 1. The van der Waals surface area contributed by atoms with Crippen LogP contribution in [0.15, 0.2) is 33.8 Å². The summed E-state index contributed by atoms with van der Waals surface area (Å²) in [5, 5.41) is 5.43. The maximum Gasteiger partial charge on any atom is 0.270 e. The van der Waals surface area contributed by atoms with Crippen molar-refractivity contribution in [3.8, 4) is 0 Å². The van der Waals surface area contributed by atoms with Crippen LogP contribution in [0.3, 0.4) is 0 Å². The second-order valence-corrected chi connectivity index (χ2v) is 6.51. The zero-order chi connectivity index (χ0) is 17.0. The van der Waals surface area contributed by atoms with Gasteiger partial charge in [0.15, 0.2) is 0 Å². The third kappa shape index (κ3) is 3.99. The van der Waals surface area contributed by atoms with E-state index in [9.17, 15) is 9.59 Å². The van der Waals surface area contributed by atoms with Gasteiger partial charge in [-0.25, -0.2) is 5.01 Å². The summed E-state index contributed by atoms with van der Waals surface area (Å²) in [6.45, 7) is 4.72. The minimum atomic E-state index is -0.0885. The quantitative estimate of drug-likeness (QED) is 0.787. The van der Waals surface area contributed by atoms with Gasteiger partial charge in [0.1, 0.15) is 5.71 Å². The molecule has 0 saturated heterocycles. The normalized spacial score (nSPS) is 16.1. The fourth-order valence-corrected chi connectivity index (χ4v) is 3.30. The van der Waals surface area contributed by atoms with Crippen molar-refractivity contribution in [1.29, 1.82) is 0 Å². The molecule has 124 valence electrons. The van der Waals surface area contributed by atoms with Gasteiger partial charge in [-0.1, -0.05) is 41.1 Å². The van der Waals surface area contributed by atoms with E-state index < -0.39 is 0 Å². The van der Waals surface area contributed by atoms with Crippen molar-refractivity contribution in [3.05, 3.63) is 34.3 Å². The first-order valence-corrected chi connectivity index (χ1v) is 8.64. The molecule has 1 aromatic carbocycles. The number of carbonyl (C=O) groups excluding carboxylic acids is 2. The van der Waals surface area contributed by atoms with Gasteiger partial charge < -0.3 is 4.90 Å². The molecule has 23 heavy (non-hydrogen) atoms. The number of hydrogen-bond acceptors (Lipinski definition) is 3. The minimum Gasteiger partial charge on any atom is -0.331 e. The van der Waals surface area contributed by atoms with Crippen LogP contribution in [0.25, 0.3) is 0 Å². The first-order chi connectivity index (χ1) is 11.0. The molecule has 6 heteroatoms. The Hall–Kier alpha value is -1.69. The van der Waals surface area contributed by atoms with Gasteiger partial charge >= 0.3 is 0 Å². The van der Waals surface area contributed by atoms with Gasteiger partial charge in [0.25, 0.3) is 5.91 Å². The van der Waals surface area contributed by atoms with Crippen LogP contribution in [0.2, 0.25) is 0 Å². The van der Waals surface area contributed by atoms with E-state index in [-0.39, 0.29) is 17.9 Å². The van der Waals surface area contributed by atoms with E-state index in [1.807, 2.05) is 43.0 Å². The molecular weight excluding hydrogens is 358 g/mol. The van der Waals surface area contributed by atoms with Crippen LogP contribution in [0.1, 0.15) is 44.7 Å². The Balaban J connectivity index is 2.27. The SMILES string of the molecule is CCCN(C(=O)C1=NN(C)C(=O)CC1)C(C)c1ccccc1Br. The molecular formula is C17H22BrN3O2. The maximum absolute atomic E-state index is 12.9. The molecule has 1 heterocycles. The first-order valence-electron chi connectivity index (χ1n) is 7.85. The predicted octanol–water partition coefficient (Wildman–Crippen LogP) is 3.36. The van der Waals surface area contributed by atoms with E-state index in [0.29, 0.717) is 25.1 Å². The fraction of sp³-hybridized carbons (Fsp3) is 0.471. The fourth-order valence-electron chi connectivity index (χ4n) is 2.68. The molecule has 0 radical (unpaired) electrons. The lowest BCUT2D eigenvalue weighted by atomic mass is 10.0. The van der Waals surface area contributed by atoms with Crippen LogP contribution in [0.4, 0.5) is 0 Å². The number of hydrogen-bond donors (Lipinski definition) is 0. The molecule has 0 aliphatic carbocycles. The van der Waals surface area contributed by atoms with E-state index in [1.54, 1.807) is 7.05 Å². The van der Waals surface area contributed by atoms with E-state index in [4.69, 9.17) is 0 Å². The summed E-state index contributed by atoms with van der Waals surface area (Å²) in [6.07, 6.45) is 1.61. The van der Waals surface area contributed by atoms with E-state index in [2.05, 4.69) is 21.0 Å². The van der Waals surface area contributed by atoms with Crippen LogP contribution in [-0.2, 0) is 9.59 Å². The topological polar surface area (TPSA) is 53.0 Å². The van der Waals surface area contributed by atoms with Gasteiger partial charge in [0, 0.05) is 30.9 Å². The molecule has 1 aliphatic rings. The Morgan fingerprint density at radius 2 is 2.09 bits per heavy atom. The highest BCUT2D eigenvalue weighted by molar-refractivity contribution is 9.10. The maximum atomic E-state index is 12.9. The molecule has 0 N–H and O–H groups in total. The molecule has 1 aromatic rings. The summed E-state index contributed by atoms with van der Waals surface area (Å²) in [5.74, 6) is -0.142. The average molecular weight is 380 g/mol. The lowest BCUT2D eigenvalue weighted by Crippen LogP contribution is -2.42. The van der Waals surface area contributed by atoms with Crippen molar-refractivity contribution < 1.29 is 9.59 Å². The Morgan fingerprint density at radius 1 is 1.39 bits per heavy atom. The number of hydrazone groups is 1. The molecule has 1 unspecified atom stereocenters. The molecule has 0 saturated carbocycles. The minimum absolute atomic E-state index is 0.0533. The standard InChI is InChI=1S/C17H22BrN3O2/c1-4-11-21(12(2)13-7-5-6-8-14(13)18)17(23)15-9-10-16(22)20(3)19-15/h5-8,12H,4,9-11H2,1-3H3. The van der Waals surface area contributed by atoms with Crippen molar-refractivity contribution in [3.63, 3.8) is 0 Å². The lowest BCUT2D eigenvalue weighted by Gasteiger charge is -2.31. The summed E-state index contributed by atoms with van der Waals surface area (Å²) in [5.41, 5.74) is 1.52. The summed E-state index contributed by atoms with van der Waals surface area (Å²) < 4.78 is 0.985. The predicted molar refractivity (Wildman–Crippen MR) is 94.0 cm³/mol. The van der Waals surface area contributed by atoms with Crippen molar-refractivity contribution in [2.24, 2.45) is 5.10 Å². The smallest absolute Gasteiger partial charge is 0.270 e. The summed E-state index contributed by atoms with van der Waals surface area (Å²) in [7, 11) is 1.59. The van der Waals surface area contributed by atoms with Gasteiger partial charge in [-0.2, -0.15) is 5.10 Å². The molecule has 0 aromatic heterocycles. The monoisotopic (exact) mass is 379 g/mol. The highest BCUT2D eigenvalue weighted by Gasteiger charge is 2.29. The summed E-state index contributed by atoms with van der Waals surface area (Å²) in [6, 6.07) is 7.85. The van der Waals surface area contributed by atoms with E-state index in [0.717, 1.165) is 16.5 Å². The van der Waals surface area contributed by atoms with Gasteiger partial charge in [0.05, 0.1) is 6.04 Å². The van der Waals surface area contributed by atoms with Crippen molar-refractivity contribution in [1.82, 2.24) is 9.91 Å². The largest absolute Gasteiger partial charge is 0.331 e. The Morgan fingerprint density at radius 3 is 2.70 bits per heavy atom. The van der Waals surface area contributed by atoms with Crippen molar-refractivity contribution >= 4 is 33.5 Å².